The maximum absolute atomic E-state index is 6.03. The maximum Gasteiger partial charge on any atom is 0.0503 e. The molecule has 90 valence electrons. The normalized spacial score (nSPS) is 15.6. The van der Waals surface area contributed by atoms with E-state index >= 15 is 0 Å². The number of aryl methyl sites for hydroxylation is 1. The lowest BCUT2D eigenvalue weighted by molar-refractivity contribution is 0.634. The van der Waals surface area contributed by atoms with Gasteiger partial charge in [0, 0.05) is 35.9 Å². The molecule has 1 aliphatic carbocycles. The highest BCUT2D eigenvalue weighted by Gasteiger charge is 2.21. The first kappa shape index (κ1) is 10.7. The van der Waals surface area contributed by atoms with Gasteiger partial charge in [-0.1, -0.05) is 6.07 Å². The number of hydrogen-bond acceptors (Lipinski definition) is 2. The molecule has 0 saturated heterocycles. The van der Waals surface area contributed by atoms with Crippen LogP contribution in [0.15, 0.2) is 24.3 Å². The van der Waals surface area contributed by atoms with Crippen LogP contribution in [0.5, 0.6) is 0 Å². The second kappa shape index (κ2) is 4.08. The number of anilines is 1. The first-order valence-electron chi connectivity index (χ1n) is 6.39. The Bertz CT molecular complexity index is 538. The Kier molecular flexibility index (Phi) is 2.56. The van der Waals surface area contributed by atoms with Crippen LogP contribution in [0.25, 0.3) is 10.9 Å². The molecule has 0 atom stereocenters. The fourth-order valence-electron chi connectivity index (χ4n) is 2.42. The summed E-state index contributed by atoms with van der Waals surface area (Å²) in [4.78, 5) is 0. The van der Waals surface area contributed by atoms with Crippen molar-refractivity contribution in [3.63, 3.8) is 0 Å². The molecule has 3 N–H and O–H groups in total. The van der Waals surface area contributed by atoms with E-state index in [0.29, 0.717) is 0 Å². The third-order valence-corrected chi connectivity index (χ3v) is 3.53. The molecule has 0 amide bonds. The number of nitrogens with one attached hydrogen (secondary N) is 1. The first-order chi connectivity index (χ1) is 8.29. The van der Waals surface area contributed by atoms with Crippen LogP contribution in [-0.4, -0.2) is 10.6 Å². The molecule has 3 heteroatoms. The van der Waals surface area contributed by atoms with Crippen molar-refractivity contribution in [2.45, 2.75) is 38.9 Å². The molecule has 0 aliphatic heterocycles. The average molecular weight is 229 g/mol. The second-order valence-electron chi connectivity index (χ2n) is 4.82. The van der Waals surface area contributed by atoms with Gasteiger partial charge in [0.2, 0.25) is 0 Å². The van der Waals surface area contributed by atoms with Crippen LogP contribution in [0.2, 0.25) is 0 Å². The van der Waals surface area contributed by atoms with Crippen molar-refractivity contribution >= 4 is 16.6 Å². The summed E-state index contributed by atoms with van der Waals surface area (Å²) in [5.41, 5.74) is 9.50. The van der Waals surface area contributed by atoms with E-state index in [0.717, 1.165) is 24.8 Å². The van der Waals surface area contributed by atoms with Gasteiger partial charge in [0.1, 0.15) is 0 Å². The van der Waals surface area contributed by atoms with Gasteiger partial charge in [-0.2, -0.15) is 0 Å². The summed E-state index contributed by atoms with van der Waals surface area (Å²) < 4.78 is 2.35. The summed E-state index contributed by atoms with van der Waals surface area (Å²) in [7, 11) is 0. The third-order valence-electron chi connectivity index (χ3n) is 3.53. The summed E-state index contributed by atoms with van der Waals surface area (Å²) in [5, 5.41) is 4.75. The van der Waals surface area contributed by atoms with E-state index in [1.54, 1.807) is 0 Å². The van der Waals surface area contributed by atoms with Crippen LogP contribution in [0.1, 0.15) is 25.5 Å². The first-order valence-corrected chi connectivity index (χ1v) is 6.39. The van der Waals surface area contributed by atoms with Crippen LogP contribution in [0.3, 0.4) is 0 Å². The van der Waals surface area contributed by atoms with Gasteiger partial charge in [-0.05, 0) is 38.0 Å². The Morgan fingerprint density at radius 3 is 2.94 bits per heavy atom. The number of benzene rings is 1. The Balaban J connectivity index is 2.00. The molecule has 3 nitrogen and oxygen atoms in total. The van der Waals surface area contributed by atoms with E-state index in [-0.39, 0.29) is 0 Å². The quantitative estimate of drug-likeness (QED) is 0.791. The lowest BCUT2D eigenvalue weighted by Crippen LogP contribution is -2.17. The minimum Gasteiger partial charge on any atom is -0.398 e. The summed E-state index contributed by atoms with van der Waals surface area (Å²) in [6.45, 7) is 4.13. The van der Waals surface area contributed by atoms with Crippen molar-refractivity contribution in [2.75, 3.05) is 5.73 Å². The Morgan fingerprint density at radius 2 is 2.24 bits per heavy atom. The number of nitrogen functional groups attached to an aromatic ring is 1. The predicted molar refractivity (Wildman–Crippen MR) is 71.9 cm³/mol. The van der Waals surface area contributed by atoms with E-state index in [2.05, 4.69) is 28.9 Å². The third kappa shape index (κ3) is 1.91. The highest BCUT2D eigenvalue weighted by atomic mass is 15.0. The van der Waals surface area contributed by atoms with Crippen molar-refractivity contribution in [1.82, 2.24) is 9.88 Å². The molecule has 2 aromatic rings. The molecular weight excluding hydrogens is 210 g/mol. The van der Waals surface area contributed by atoms with Gasteiger partial charge >= 0.3 is 0 Å². The Labute approximate surface area is 102 Å². The van der Waals surface area contributed by atoms with Gasteiger partial charge in [-0.25, -0.2) is 0 Å². The number of rotatable bonds is 4. The summed E-state index contributed by atoms with van der Waals surface area (Å²) in [6, 6.07) is 9.12. The SMILES string of the molecule is CCn1c(CNC2CC2)cc2c(N)cccc21. The zero-order valence-electron chi connectivity index (χ0n) is 10.2. The van der Waals surface area contributed by atoms with Crippen molar-refractivity contribution < 1.29 is 0 Å². The number of hydrogen-bond donors (Lipinski definition) is 2. The maximum atomic E-state index is 6.03. The van der Waals surface area contributed by atoms with Gasteiger partial charge in [-0.3, -0.25) is 0 Å². The van der Waals surface area contributed by atoms with Gasteiger partial charge in [-0.15, -0.1) is 0 Å². The summed E-state index contributed by atoms with van der Waals surface area (Å²) >= 11 is 0. The molecule has 1 aliphatic rings. The van der Waals surface area contributed by atoms with Crippen molar-refractivity contribution in [2.24, 2.45) is 0 Å². The molecule has 0 unspecified atom stereocenters. The molecular formula is C14H19N3. The standard InChI is InChI=1S/C14H19N3/c1-2-17-11(9-16-10-6-7-10)8-12-13(15)4-3-5-14(12)17/h3-5,8,10,16H,2,6-7,9,15H2,1H3. The van der Waals surface area contributed by atoms with Crippen LogP contribution in [-0.2, 0) is 13.1 Å². The smallest absolute Gasteiger partial charge is 0.0503 e. The summed E-state index contributed by atoms with van der Waals surface area (Å²) in [6.07, 6.45) is 2.66. The Morgan fingerprint density at radius 1 is 1.41 bits per heavy atom. The fraction of sp³-hybridized carbons (Fsp3) is 0.429. The molecule has 1 aromatic heterocycles. The molecule has 17 heavy (non-hydrogen) atoms. The zero-order valence-corrected chi connectivity index (χ0v) is 10.2. The number of fused-ring (bicyclic) bond motifs is 1. The second-order valence-corrected chi connectivity index (χ2v) is 4.82. The van der Waals surface area contributed by atoms with Gasteiger partial charge in [0.25, 0.3) is 0 Å². The topological polar surface area (TPSA) is 43.0 Å². The lowest BCUT2D eigenvalue weighted by atomic mass is 10.2. The summed E-state index contributed by atoms with van der Waals surface area (Å²) in [5.74, 6) is 0. The predicted octanol–water partition coefficient (Wildman–Crippen LogP) is 2.50. The van der Waals surface area contributed by atoms with E-state index in [4.69, 9.17) is 5.73 Å². The van der Waals surface area contributed by atoms with Crippen LogP contribution >= 0.6 is 0 Å². The van der Waals surface area contributed by atoms with E-state index in [1.165, 1.54) is 29.4 Å². The fourth-order valence-corrected chi connectivity index (χ4v) is 2.42. The van der Waals surface area contributed by atoms with Gasteiger partial charge in [0.15, 0.2) is 0 Å². The molecule has 1 heterocycles. The van der Waals surface area contributed by atoms with Gasteiger partial charge in [0.05, 0.1) is 5.52 Å². The van der Waals surface area contributed by atoms with Crippen LogP contribution in [0.4, 0.5) is 5.69 Å². The molecule has 1 fully saturated rings. The highest BCUT2D eigenvalue weighted by Crippen LogP contribution is 2.26. The molecule has 0 bridgehead atoms. The molecule has 3 rings (SSSR count). The van der Waals surface area contributed by atoms with Crippen molar-refractivity contribution in [1.29, 1.82) is 0 Å². The number of nitrogens with zero attached hydrogens (tertiary/aromatic N) is 1. The van der Waals surface area contributed by atoms with E-state index in [1.807, 2.05) is 12.1 Å². The molecule has 0 radical (unpaired) electrons. The van der Waals surface area contributed by atoms with Gasteiger partial charge < -0.3 is 15.6 Å². The largest absolute Gasteiger partial charge is 0.398 e. The van der Waals surface area contributed by atoms with Crippen molar-refractivity contribution in [3.05, 3.63) is 30.0 Å². The monoisotopic (exact) mass is 229 g/mol. The highest BCUT2D eigenvalue weighted by molar-refractivity contribution is 5.92. The average Bonchev–Trinajstić information content (AvgIpc) is 3.08. The van der Waals surface area contributed by atoms with E-state index in [9.17, 15) is 0 Å². The Hall–Kier alpha value is -1.48. The van der Waals surface area contributed by atoms with E-state index < -0.39 is 0 Å². The lowest BCUT2D eigenvalue weighted by Gasteiger charge is -2.08. The minimum absolute atomic E-state index is 0.746. The van der Waals surface area contributed by atoms with Crippen molar-refractivity contribution in [3.8, 4) is 0 Å². The van der Waals surface area contributed by atoms with Crippen LogP contribution in [0, 0.1) is 0 Å². The molecule has 1 saturated carbocycles. The molecule has 0 spiro atoms. The number of nitrogens with two attached hydrogens (primary N) is 1. The minimum atomic E-state index is 0.746. The molecule has 1 aromatic carbocycles. The zero-order chi connectivity index (χ0) is 11.8. The van der Waals surface area contributed by atoms with Crippen LogP contribution < -0.4 is 11.1 Å². The number of aromatic nitrogens is 1.